The maximum atomic E-state index is 12.0. The van der Waals surface area contributed by atoms with Crippen molar-refractivity contribution in [2.75, 3.05) is 19.0 Å². The maximum absolute atomic E-state index is 12.0. The van der Waals surface area contributed by atoms with Crippen LogP contribution in [0.2, 0.25) is 0 Å². The van der Waals surface area contributed by atoms with Crippen LogP contribution in [0.1, 0.15) is 24.0 Å². The van der Waals surface area contributed by atoms with Crippen molar-refractivity contribution in [3.05, 3.63) is 90.0 Å². The highest BCUT2D eigenvalue weighted by atomic mass is 16.5. The van der Waals surface area contributed by atoms with Crippen molar-refractivity contribution in [2.45, 2.75) is 19.3 Å². The summed E-state index contributed by atoms with van der Waals surface area (Å²) in [7, 11) is 1.64. The minimum atomic E-state index is -0.235. The summed E-state index contributed by atoms with van der Waals surface area (Å²) >= 11 is 0. The summed E-state index contributed by atoms with van der Waals surface area (Å²) in [5.74, 6) is 1.02. The number of hydrazone groups is 1. The normalized spacial score (nSPS) is 10.6. The van der Waals surface area contributed by atoms with Crippen LogP contribution in [-0.2, 0) is 16.0 Å². The molecule has 3 aromatic rings. The summed E-state index contributed by atoms with van der Waals surface area (Å²) in [5, 5.41) is 6.75. The molecule has 0 saturated carbocycles. The Morgan fingerprint density at radius 1 is 0.879 bits per heavy atom. The van der Waals surface area contributed by atoms with Gasteiger partial charge >= 0.3 is 0 Å². The molecule has 3 rings (SSSR count). The highest BCUT2D eigenvalue weighted by Gasteiger charge is 2.04. The molecule has 7 heteroatoms. The van der Waals surface area contributed by atoms with Gasteiger partial charge in [0.2, 0.25) is 5.91 Å². The molecule has 0 heterocycles. The lowest BCUT2D eigenvalue weighted by Crippen LogP contribution is -2.20. The summed E-state index contributed by atoms with van der Waals surface area (Å²) < 4.78 is 10.6. The number of nitrogens with one attached hydrogen (secondary N) is 2. The van der Waals surface area contributed by atoms with Gasteiger partial charge < -0.3 is 14.8 Å². The van der Waals surface area contributed by atoms with Crippen LogP contribution in [0, 0.1) is 0 Å². The first-order valence-electron chi connectivity index (χ1n) is 10.6. The first kappa shape index (κ1) is 23.5. The van der Waals surface area contributed by atoms with Gasteiger partial charge in [0, 0.05) is 12.1 Å². The number of anilines is 1. The highest BCUT2D eigenvalue weighted by molar-refractivity contribution is 5.91. The fraction of sp³-hybridized carbons (Fsp3) is 0.192. The number of hydrogen-bond acceptors (Lipinski definition) is 5. The molecule has 0 fully saturated rings. The van der Waals surface area contributed by atoms with E-state index in [-0.39, 0.29) is 18.4 Å². The predicted molar refractivity (Wildman–Crippen MR) is 129 cm³/mol. The highest BCUT2D eigenvalue weighted by Crippen LogP contribution is 2.13. The van der Waals surface area contributed by atoms with E-state index in [0.29, 0.717) is 12.2 Å². The molecule has 0 saturated heterocycles. The molecule has 0 bridgehead atoms. The lowest BCUT2D eigenvalue weighted by molar-refractivity contribution is -0.121. The molecule has 0 radical (unpaired) electrons. The second-order valence-corrected chi connectivity index (χ2v) is 7.27. The molecule has 3 aromatic carbocycles. The Hall–Kier alpha value is -4.13. The smallest absolute Gasteiger partial charge is 0.262 e. The van der Waals surface area contributed by atoms with E-state index in [1.807, 2.05) is 54.6 Å². The number of benzene rings is 3. The lowest BCUT2D eigenvalue weighted by Gasteiger charge is -2.07. The first-order valence-corrected chi connectivity index (χ1v) is 10.6. The molecule has 2 N–H and O–H groups in total. The van der Waals surface area contributed by atoms with Gasteiger partial charge in [0.05, 0.1) is 13.3 Å². The number of amides is 2. The third-order valence-electron chi connectivity index (χ3n) is 4.74. The Morgan fingerprint density at radius 2 is 1.58 bits per heavy atom. The molecule has 0 aromatic heterocycles. The van der Waals surface area contributed by atoms with Crippen molar-refractivity contribution in [2.24, 2.45) is 5.10 Å². The third-order valence-corrected chi connectivity index (χ3v) is 4.74. The van der Waals surface area contributed by atoms with Gasteiger partial charge in [-0.1, -0.05) is 30.3 Å². The van der Waals surface area contributed by atoms with E-state index < -0.39 is 0 Å². The van der Waals surface area contributed by atoms with Crippen molar-refractivity contribution >= 4 is 23.7 Å². The van der Waals surface area contributed by atoms with Gasteiger partial charge in [-0.2, -0.15) is 5.10 Å². The summed E-state index contributed by atoms with van der Waals surface area (Å²) in [6.07, 6.45) is 3.50. The maximum Gasteiger partial charge on any atom is 0.262 e. The number of para-hydroxylation sites is 1. The number of carbonyl (C=O) groups excluding carboxylic acids is 2. The largest absolute Gasteiger partial charge is 0.497 e. The van der Waals surface area contributed by atoms with Gasteiger partial charge in [-0.15, -0.1) is 0 Å². The summed E-state index contributed by atoms with van der Waals surface area (Å²) in [6, 6.07) is 24.1. The van der Waals surface area contributed by atoms with Crippen LogP contribution in [0.5, 0.6) is 11.5 Å². The molecule has 170 valence electrons. The van der Waals surface area contributed by atoms with Gasteiger partial charge in [0.25, 0.3) is 5.91 Å². The Bertz CT molecular complexity index is 1050. The molecular formula is C26H27N3O4. The van der Waals surface area contributed by atoms with Crippen LogP contribution in [-0.4, -0.2) is 31.7 Å². The van der Waals surface area contributed by atoms with Crippen LogP contribution < -0.4 is 20.2 Å². The molecule has 0 unspecified atom stereocenters. The van der Waals surface area contributed by atoms with E-state index in [9.17, 15) is 9.59 Å². The van der Waals surface area contributed by atoms with Gasteiger partial charge in [-0.25, -0.2) is 5.43 Å². The van der Waals surface area contributed by atoms with Gasteiger partial charge in [-0.05, 0) is 72.5 Å². The Labute approximate surface area is 193 Å². The van der Waals surface area contributed by atoms with Crippen LogP contribution in [0.25, 0.3) is 0 Å². The number of ether oxygens (including phenoxy) is 2. The molecule has 7 nitrogen and oxygen atoms in total. The second-order valence-electron chi connectivity index (χ2n) is 7.27. The van der Waals surface area contributed by atoms with E-state index in [4.69, 9.17) is 9.47 Å². The van der Waals surface area contributed by atoms with Crippen LogP contribution in [0.4, 0.5) is 5.69 Å². The average Bonchev–Trinajstić information content (AvgIpc) is 2.84. The zero-order valence-corrected chi connectivity index (χ0v) is 18.5. The predicted octanol–water partition coefficient (Wildman–Crippen LogP) is 4.19. The third kappa shape index (κ3) is 8.49. The quantitative estimate of drug-likeness (QED) is 0.342. The molecule has 2 amide bonds. The van der Waals surface area contributed by atoms with Crippen molar-refractivity contribution in [3.8, 4) is 11.5 Å². The average molecular weight is 446 g/mol. The van der Waals surface area contributed by atoms with Crippen LogP contribution in [0.3, 0.4) is 0 Å². The van der Waals surface area contributed by atoms with Crippen molar-refractivity contribution in [1.29, 1.82) is 0 Å². The van der Waals surface area contributed by atoms with Gasteiger partial charge in [-0.3, -0.25) is 9.59 Å². The van der Waals surface area contributed by atoms with Gasteiger partial charge in [0.1, 0.15) is 11.5 Å². The van der Waals surface area contributed by atoms with E-state index in [1.54, 1.807) is 37.6 Å². The number of methoxy groups -OCH3 is 1. The van der Waals surface area contributed by atoms with E-state index in [0.717, 1.165) is 35.4 Å². The number of carbonyl (C=O) groups is 2. The SMILES string of the molecule is COc1ccc(CCCC(=O)N/N=C/c2ccc(OCC(=O)Nc3ccccc3)cc2)cc1. The number of rotatable bonds is 11. The van der Waals surface area contributed by atoms with Crippen LogP contribution in [0.15, 0.2) is 84.0 Å². The van der Waals surface area contributed by atoms with Crippen LogP contribution >= 0.6 is 0 Å². The molecule has 0 spiro atoms. The summed E-state index contributed by atoms with van der Waals surface area (Å²) in [5.41, 5.74) is 5.22. The first-order chi connectivity index (χ1) is 16.1. The van der Waals surface area contributed by atoms with E-state index in [2.05, 4.69) is 15.8 Å². The fourth-order valence-corrected chi connectivity index (χ4v) is 3.00. The summed E-state index contributed by atoms with van der Waals surface area (Å²) in [4.78, 5) is 23.9. The van der Waals surface area contributed by atoms with Gasteiger partial charge in [0.15, 0.2) is 6.61 Å². The Kier molecular flexibility index (Phi) is 9.03. The minimum Gasteiger partial charge on any atom is -0.497 e. The number of nitrogens with zero attached hydrogens (tertiary/aromatic N) is 1. The second kappa shape index (κ2) is 12.7. The standard InChI is InChI=1S/C26H27N3O4/c1-32-23-14-10-20(11-15-23)6-5-9-25(30)29-27-18-21-12-16-24(17-13-21)33-19-26(31)28-22-7-3-2-4-8-22/h2-4,7-8,10-18H,5-6,9,19H2,1H3,(H,28,31)(H,29,30)/b27-18+. The Balaban J connectivity index is 1.34. The summed E-state index contributed by atoms with van der Waals surface area (Å²) in [6.45, 7) is -0.0884. The number of hydrogen-bond donors (Lipinski definition) is 2. The molecule has 33 heavy (non-hydrogen) atoms. The van der Waals surface area contributed by atoms with Crippen molar-refractivity contribution in [1.82, 2.24) is 5.43 Å². The van der Waals surface area contributed by atoms with E-state index >= 15 is 0 Å². The van der Waals surface area contributed by atoms with E-state index in [1.165, 1.54) is 0 Å². The zero-order chi connectivity index (χ0) is 23.3. The zero-order valence-electron chi connectivity index (χ0n) is 18.5. The minimum absolute atomic E-state index is 0.0884. The molecular weight excluding hydrogens is 418 g/mol. The Morgan fingerprint density at radius 3 is 2.27 bits per heavy atom. The lowest BCUT2D eigenvalue weighted by atomic mass is 10.1. The fourth-order valence-electron chi connectivity index (χ4n) is 3.00. The molecule has 0 aliphatic rings. The molecule has 0 aliphatic carbocycles. The van der Waals surface area contributed by atoms with Crippen molar-refractivity contribution in [3.63, 3.8) is 0 Å². The van der Waals surface area contributed by atoms with Crippen molar-refractivity contribution < 1.29 is 19.1 Å². The molecule has 0 atom stereocenters. The topological polar surface area (TPSA) is 89.0 Å². The number of aryl methyl sites for hydroxylation is 1. The monoisotopic (exact) mass is 445 g/mol. The molecule has 0 aliphatic heterocycles.